The van der Waals surface area contributed by atoms with Crippen LogP contribution in [0.15, 0.2) is 12.2 Å². The highest BCUT2D eigenvalue weighted by atomic mass is 16.6. The second-order valence-corrected chi connectivity index (χ2v) is 7.88. The van der Waals surface area contributed by atoms with E-state index in [1.807, 2.05) is 12.2 Å². The Kier molecular flexibility index (Phi) is 6.00. The molecule has 0 aromatic carbocycles. The second kappa shape index (κ2) is 8.16. The minimum Gasteiger partial charge on any atom is -0.463 e. The van der Waals surface area contributed by atoms with Crippen LogP contribution >= 0.6 is 0 Å². The first-order valence-corrected chi connectivity index (χ1v) is 10.2. The van der Waals surface area contributed by atoms with Crippen LogP contribution in [0.5, 0.6) is 0 Å². The topological polar surface area (TPSA) is 105 Å². The minimum absolute atomic E-state index is 0.117. The summed E-state index contributed by atoms with van der Waals surface area (Å²) in [6, 6.07) is 0. The van der Waals surface area contributed by atoms with E-state index in [-0.39, 0.29) is 30.5 Å². The van der Waals surface area contributed by atoms with Crippen LogP contribution < -0.4 is 0 Å². The molecule has 0 amide bonds. The molecular weight excluding hydrogens is 380 g/mol. The number of esters is 4. The molecule has 2 bridgehead atoms. The molecular formula is C21H28O8. The third-order valence-electron chi connectivity index (χ3n) is 6.21. The molecule has 160 valence electrons. The van der Waals surface area contributed by atoms with Crippen LogP contribution in [0.3, 0.4) is 0 Å². The maximum absolute atomic E-state index is 12.9. The molecule has 2 unspecified atom stereocenters. The van der Waals surface area contributed by atoms with Crippen molar-refractivity contribution in [3.8, 4) is 0 Å². The zero-order chi connectivity index (χ0) is 21.3. The molecule has 0 heterocycles. The van der Waals surface area contributed by atoms with Gasteiger partial charge >= 0.3 is 23.9 Å². The number of rotatable bonds is 8. The Balaban J connectivity index is 1.75. The molecule has 0 aromatic heterocycles. The van der Waals surface area contributed by atoms with Gasteiger partial charge in [0, 0.05) is 0 Å². The molecule has 8 heteroatoms. The van der Waals surface area contributed by atoms with E-state index in [1.165, 1.54) is 13.8 Å². The molecule has 0 radical (unpaired) electrons. The summed E-state index contributed by atoms with van der Waals surface area (Å²) in [7, 11) is 0. The van der Waals surface area contributed by atoms with Gasteiger partial charge in [-0.1, -0.05) is 12.2 Å². The summed E-state index contributed by atoms with van der Waals surface area (Å²) >= 11 is 0. The Labute approximate surface area is 169 Å². The predicted molar refractivity (Wildman–Crippen MR) is 99.1 cm³/mol. The predicted octanol–water partition coefficient (Wildman–Crippen LogP) is 1.80. The Bertz CT molecular complexity index is 666. The average Bonchev–Trinajstić information content (AvgIpc) is 3.34. The fourth-order valence-electron chi connectivity index (χ4n) is 4.76. The van der Waals surface area contributed by atoms with Crippen LogP contribution in [-0.2, 0) is 38.1 Å². The summed E-state index contributed by atoms with van der Waals surface area (Å²) in [4.78, 5) is 49.6. The van der Waals surface area contributed by atoms with Gasteiger partial charge in [0.1, 0.15) is 0 Å². The fraction of sp³-hybridized carbons (Fsp3) is 0.714. The van der Waals surface area contributed by atoms with Crippen LogP contribution in [0.4, 0.5) is 0 Å². The van der Waals surface area contributed by atoms with E-state index in [0.29, 0.717) is 0 Å². The number of hydrogen-bond acceptors (Lipinski definition) is 8. The van der Waals surface area contributed by atoms with Gasteiger partial charge in [0.25, 0.3) is 0 Å². The summed E-state index contributed by atoms with van der Waals surface area (Å²) < 4.78 is 20.5. The van der Waals surface area contributed by atoms with Gasteiger partial charge < -0.3 is 18.9 Å². The van der Waals surface area contributed by atoms with E-state index in [0.717, 1.165) is 12.8 Å². The van der Waals surface area contributed by atoms with Gasteiger partial charge in [-0.2, -0.15) is 0 Å². The molecule has 0 saturated heterocycles. The largest absolute Gasteiger partial charge is 0.463 e. The van der Waals surface area contributed by atoms with Gasteiger partial charge in [0.2, 0.25) is 0 Å². The third-order valence-corrected chi connectivity index (χ3v) is 6.21. The Morgan fingerprint density at radius 3 is 1.52 bits per heavy atom. The van der Waals surface area contributed by atoms with Crippen molar-refractivity contribution >= 4 is 23.9 Å². The Morgan fingerprint density at radius 1 is 0.828 bits per heavy atom. The highest BCUT2D eigenvalue weighted by Gasteiger charge is 2.71. The molecule has 2 fully saturated rings. The molecule has 3 aliphatic carbocycles. The van der Waals surface area contributed by atoms with Crippen molar-refractivity contribution in [3.63, 3.8) is 0 Å². The van der Waals surface area contributed by atoms with Crippen LogP contribution in [0, 0.1) is 29.1 Å². The molecule has 0 aliphatic heterocycles. The van der Waals surface area contributed by atoms with Gasteiger partial charge in [0.05, 0.1) is 25.0 Å². The van der Waals surface area contributed by atoms with Crippen molar-refractivity contribution in [2.45, 2.75) is 52.7 Å². The molecule has 1 spiro atoms. The maximum Gasteiger partial charge on any atom is 0.347 e. The molecule has 2 saturated carbocycles. The lowest BCUT2D eigenvalue weighted by Gasteiger charge is -2.26. The van der Waals surface area contributed by atoms with Crippen molar-refractivity contribution in [1.82, 2.24) is 0 Å². The second-order valence-electron chi connectivity index (χ2n) is 7.88. The zero-order valence-electron chi connectivity index (χ0n) is 17.2. The SMILES string of the molecule is CCOC(=O)[C@H](C)OC(=O)C1C(C(=O)O[C@@H](C)C(=O)OCC)[C@@H]2C=C[C@H]1C21CC1. The summed E-state index contributed by atoms with van der Waals surface area (Å²) in [5.41, 5.74) is -0.117. The van der Waals surface area contributed by atoms with Gasteiger partial charge in [-0.3, -0.25) is 9.59 Å². The Hall–Kier alpha value is -2.38. The van der Waals surface area contributed by atoms with E-state index >= 15 is 0 Å². The smallest absolute Gasteiger partial charge is 0.347 e. The van der Waals surface area contributed by atoms with Crippen molar-refractivity contribution in [3.05, 3.63) is 12.2 Å². The molecule has 0 aromatic rings. The first-order valence-electron chi connectivity index (χ1n) is 10.2. The molecule has 3 aliphatic rings. The van der Waals surface area contributed by atoms with E-state index in [1.54, 1.807) is 13.8 Å². The lowest BCUT2D eigenvalue weighted by Crippen LogP contribution is -2.40. The molecule has 6 atom stereocenters. The van der Waals surface area contributed by atoms with Gasteiger partial charge in [-0.05, 0) is 57.8 Å². The summed E-state index contributed by atoms with van der Waals surface area (Å²) in [6.45, 7) is 6.59. The first-order chi connectivity index (χ1) is 13.8. The van der Waals surface area contributed by atoms with Gasteiger partial charge in [-0.25, -0.2) is 9.59 Å². The van der Waals surface area contributed by atoms with Crippen LogP contribution in [-0.4, -0.2) is 49.3 Å². The summed E-state index contributed by atoms with van der Waals surface area (Å²) in [6.07, 6.45) is 3.66. The summed E-state index contributed by atoms with van der Waals surface area (Å²) in [5.74, 6) is -4.24. The van der Waals surface area contributed by atoms with Crippen LogP contribution in [0.1, 0.15) is 40.5 Å². The average molecular weight is 408 g/mol. The number of hydrogen-bond donors (Lipinski definition) is 0. The standard InChI is InChI=1S/C21H28O8/c1-5-26-17(22)11(3)28-19(24)15-13-7-8-14(21(13)9-10-21)16(15)20(25)29-12(4)18(23)27-6-2/h7-8,11-16H,5-6,9-10H2,1-4H3/t11-,12-,13-,14+,15?,16?/m0/s1. The highest BCUT2D eigenvalue weighted by molar-refractivity contribution is 5.88. The molecule has 3 rings (SSSR count). The van der Waals surface area contributed by atoms with Crippen molar-refractivity contribution in [2.24, 2.45) is 29.1 Å². The lowest BCUT2D eigenvalue weighted by molar-refractivity contribution is -0.176. The van der Waals surface area contributed by atoms with Crippen molar-refractivity contribution < 1.29 is 38.1 Å². The fourth-order valence-corrected chi connectivity index (χ4v) is 4.76. The maximum atomic E-state index is 12.9. The number of carbonyl (C=O) groups excluding carboxylic acids is 4. The highest BCUT2D eigenvalue weighted by Crippen LogP contribution is 2.72. The van der Waals surface area contributed by atoms with E-state index in [2.05, 4.69) is 0 Å². The number of allylic oxidation sites excluding steroid dienone is 2. The van der Waals surface area contributed by atoms with Crippen molar-refractivity contribution in [1.29, 1.82) is 0 Å². The van der Waals surface area contributed by atoms with Crippen molar-refractivity contribution in [2.75, 3.05) is 13.2 Å². The third kappa shape index (κ3) is 3.76. The number of ether oxygens (including phenoxy) is 4. The normalized spacial score (nSPS) is 29.8. The monoisotopic (exact) mass is 408 g/mol. The van der Waals surface area contributed by atoms with E-state index in [9.17, 15) is 19.2 Å². The Morgan fingerprint density at radius 2 is 1.21 bits per heavy atom. The van der Waals surface area contributed by atoms with E-state index < -0.39 is 47.9 Å². The number of carbonyl (C=O) groups is 4. The van der Waals surface area contributed by atoms with Gasteiger partial charge in [0.15, 0.2) is 12.2 Å². The first kappa shape index (κ1) is 21.3. The van der Waals surface area contributed by atoms with Crippen LogP contribution in [0.2, 0.25) is 0 Å². The van der Waals surface area contributed by atoms with Crippen LogP contribution in [0.25, 0.3) is 0 Å². The molecule has 0 N–H and O–H groups in total. The zero-order valence-corrected chi connectivity index (χ0v) is 17.2. The van der Waals surface area contributed by atoms with Gasteiger partial charge in [-0.15, -0.1) is 0 Å². The molecule has 8 nitrogen and oxygen atoms in total. The summed E-state index contributed by atoms with van der Waals surface area (Å²) in [5, 5.41) is 0. The van der Waals surface area contributed by atoms with E-state index in [4.69, 9.17) is 18.9 Å². The lowest BCUT2D eigenvalue weighted by atomic mass is 9.83. The molecule has 29 heavy (non-hydrogen) atoms. The quantitative estimate of drug-likeness (QED) is 0.340. The minimum atomic E-state index is -1.06.